The molecule has 0 radical (unpaired) electrons. The maximum Gasteiger partial charge on any atom is 1.00 e. The first-order valence-corrected chi connectivity index (χ1v) is 8.18. The number of carboxylic acids is 1. The molecule has 1 aliphatic rings. The predicted octanol–water partition coefficient (Wildman–Crippen LogP) is 0.960. The number of nitrogens with zero attached hydrogens (tertiary/aromatic N) is 1. The summed E-state index contributed by atoms with van der Waals surface area (Å²) in [5, 5.41) is 9.46. The van der Waals surface area contributed by atoms with Crippen molar-refractivity contribution < 1.29 is 39.0 Å². The van der Waals surface area contributed by atoms with Gasteiger partial charge in [0.05, 0.1) is 17.3 Å². The van der Waals surface area contributed by atoms with Gasteiger partial charge >= 0.3 is 24.8 Å². The summed E-state index contributed by atoms with van der Waals surface area (Å²) in [6.07, 6.45) is 2.68. The molecule has 0 fully saturated rings. The minimum atomic E-state index is -0.861. The third-order valence-electron chi connectivity index (χ3n) is 4.15. The molecule has 0 spiro atoms. The first-order valence-electron chi connectivity index (χ1n) is 7.39. The number of hydrogen-bond donors (Lipinski definition) is 1. The molecule has 0 saturated carbocycles. The normalized spacial score (nSPS) is 11.6. The number of rotatable bonds is 4. The van der Waals surface area contributed by atoms with Gasteiger partial charge in [-0.3, -0.25) is 0 Å². The monoisotopic (exact) mass is 387 g/mol. The van der Waals surface area contributed by atoms with Gasteiger partial charge in [-0.25, -0.2) is 4.79 Å². The van der Waals surface area contributed by atoms with Crippen molar-refractivity contribution >= 4 is 21.9 Å². The number of aromatic nitrogens is 1. The van der Waals surface area contributed by atoms with Crippen molar-refractivity contribution in [3.63, 3.8) is 0 Å². The topological polar surface area (TPSA) is 81.5 Å². The fourth-order valence-corrected chi connectivity index (χ4v) is 3.71. The van der Waals surface area contributed by atoms with Crippen LogP contribution in [0.25, 0.3) is 11.3 Å². The Morgan fingerprint density at radius 2 is 2.08 bits per heavy atom. The molecule has 1 aliphatic heterocycles. The van der Waals surface area contributed by atoms with E-state index in [-0.39, 0.29) is 24.3 Å². The van der Waals surface area contributed by atoms with Gasteiger partial charge in [0.25, 0.3) is 0 Å². The first kappa shape index (κ1) is 20.9. The van der Waals surface area contributed by atoms with Crippen molar-refractivity contribution in [1.29, 1.82) is 0 Å². The smallest absolute Gasteiger partial charge is 0.870 e. The van der Waals surface area contributed by atoms with Gasteiger partial charge in [-0.2, -0.15) is 0 Å². The summed E-state index contributed by atoms with van der Waals surface area (Å²) in [5.41, 5.74) is 4.85. The SMILES string of the molecule is CCCc1cc(C(=O)O)n2c1-c1cc(Br)c(OC)cc1CC2.[Li+].[OH-]. The third-order valence-corrected chi connectivity index (χ3v) is 4.77. The van der Waals surface area contributed by atoms with Crippen LogP contribution >= 0.6 is 15.9 Å². The van der Waals surface area contributed by atoms with E-state index < -0.39 is 5.97 Å². The van der Waals surface area contributed by atoms with Gasteiger partial charge < -0.3 is 19.9 Å². The third kappa shape index (κ3) is 3.43. The quantitative estimate of drug-likeness (QED) is 0.792. The largest absolute Gasteiger partial charge is 1.00 e. The zero-order chi connectivity index (χ0) is 15.9. The maximum absolute atomic E-state index is 11.5. The van der Waals surface area contributed by atoms with Gasteiger partial charge in [0.1, 0.15) is 11.4 Å². The zero-order valence-electron chi connectivity index (χ0n) is 14.1. The van der Waals surface area contributed by atoms with Crippen LogP contribution in [0.5, 0.6) is 5.75 Å². The van der Waals surface area contributed by atoms with Crippen LogP contribution in [0.2, 0.25) is 0 Å². The Bertz CT molecular complexity index is 758. The Kier molecular flexibility index (Phi) is 7.18. The molecule has 1 aromatic heterocycles. The number of carbonyl (C=O) groups is 1. The summed E-state index contributed by atoms with van der Waals surface area (Å²) in [5.74, 6) is -0.0473. The molecule has 2 aromatic rings. The van der Waals surface area contributed by atoms with Gasteiger partial charge in [0.2, 0.25) is 0 Å². The molecule has 0 aliphatic carbocycles. The number of methoxy groups -OCH3 is 1. The van der Waals surface area contributed by atoms with Crippen LogP contribution < -0.4 is 23.6 Å². The van der Waals surface area contributed by atoms with Crippen molar-refractivity contribution in [2.75, 3.05) is 7.11 Å². The van der Waals surface area contributed by atoms with Crippen LogP contribution in [-0.4, -0.2) is 28.2 Å². The Balaban J connectivity index is 0.00000144. The molecule has 0 amide bonds. The number of fused-ring (bicyclic) bond motifs is 3. The minimum Gasteiger partial charge on any atom is -0.870 e. The summed E-state index contributed by atoms with van der Waals surface area (Å²) in [7, 11) is 1.66. The van der Waals surface area contributed by atoms with E-state index in [4.69, 9.17) is 4.74 Å². The van der Waals surface area contributed by atoms with Gasteiger partial charge in [-0.05, 0) is 58.1 Å². The molecule has 24 heavy (non-hydrogen) atoms. The number of hydrogen-bond acceptors (Lipinski definition) is 3. The molecule has 0 unspecified atom stereocenters. The Morgan fingerprint density at radius 3 is 2.67 bits per heavy atom. The number of aromatic carboxylic acids is 1. The van der Waals surface area contributed by atoms with Crippen LogP contribution in [0, 0.1) is 0 Å². The van der Waals surface area contributed by atoms with E-state index in [1.807, 2.05) is 22.8 Å². The molecule has 0 bridgehead atoms. The van der Waals surface area contributed by atoms with Crippen molar-refractivity contribution in [3.05, 3.63) is 39.5 Å². The fourth-order valence-electron chi connectivity index (χ4n) is 3.20. The summed E-state index contributed by atoms with van der Waals surface area (Å²) in [4.78, 5) is 11.5. The number of aryl methyl sites for hydroxylation is 2. The van der Waals surface area contributed by atoms with E-state index in [9.17, 15) is 9.90 Å². The predicted molar refractivity (Wildman–Crippen MR) is 90.7 cm³/mol. The van der Waals surface area contributed by atoms with Crippen LogP contribution in [0.1, 0.15) is 35.0 Å². The van der Waals surface area contributed by atoms with E-state index in [0.717, 1.165) is 46.3 Å². The summed E-state index contributed by atoms with van der Waals surface area (Å²) >= 11 is 3.54. The second-order valence-electron chi connectivity index (χ2n) is 5.50. The van der Waals surface area contributed by atoms with E-state index in [1.54, 1.807) is 7.11 Å². The van der Waals surface area contributed by atoms with Gasteiger partial charge in [-0.15, -0.1) is 0 Å². The van der Waals surface area contributed by atoms with Crippen LogP contribution in [0.15, 0.2) is 22.7 Å². The molecule has 5 nitrogen and oxygen atoms in total. The molecule has 0 saturated heterocycles. The van der Waals surface area contributed by atoms with E-state index in [2.05, 4.69) is 22.9 Å². The van der Waals surface area contributed by atoms with Crippen LogP contribution in [0.3, 0.4) is 0 Å². The van der Waals surface area contributed by atoms with E-state index in [0.29, 0.717) is 12.2 Å². The molecule has 1 aromatic carbocycles. The van der Waals surface area contributed by atoms with Crippen LogP contribution in [0.4, 0.5) is 0 Å². The van der Waals surface area contributed by atoms with Crippen molar-refractivity contribution in [2.45, 2.75) is 32.7 Å². The average Bonchev–Trinajstić information content (AvgIpc) is 2.86. The second-order valence-corrected chi connectivity index (χ2v) is 6.36. The second kappa shape index (κ2) is 8.26. The van der Waals surface area contributed by atoms with Gasteiger partial charge in [0, 0.05) is 12.1 Å². The standard InChI is InChI=1S/C17H18BrNO3.Li.H2O/c1-3-4-11-7-14(17(20)21)19-6-5-10-8-15(22-2)13(18)9-12(10)16(11)19;;/h7-9H,3-6H2,1-2H3,(H,20,21);;1H2/q;+1;/p-1. The maximum atomic E-state index is 11.5. The molecular formula is C17H19BrLiNO4. The molecule has 7 heteroatoms. The summed E-state index contributed by atoms with van der Waals surface area (Å²) < 4.78 is 8.20. The Morgan fingerprint density at radius 1 is 1.38 bits per heavy atom. The Hall–Kier alpha value is -1.19. The molecule has 0 atom stereocenters. The molecule has 3 rings (SSSR count). The zero-order valence-corrected chi connectivity index (χ0v) is 15.7. The number of carboxylic acid groups (broad SMARTS) is 1. The van der Waals surface area contributed by atoms with Gasteiger partial charge in [-0.1, -0.05) is 13.3 Å². The van der Waals surface area contributed by atoms with Crippen LogP contribution in [-0.2, 0) is 19.4 Å². The van der Waals surface area contributed by atoms with E-state index in [1.165, 1.54) is 5.56 Å². The van der Waals surface area contributed by atoms with E-state index >= 15 is 0 Å². The number of ether oxygens (including phenoxy) is 1. The first-order chi connectivity index (χ1) is 10.6. The van der Waals surface area contributed by atoms with Gasteiger partial charge in [0.15, 0.2) is 0 Å². The van der Waals surface area contributed by atoms with Crippen molar-refractivity contribution in [3.8, 4) is 17.0 Å². The summed E-state index contributed by atoms with van der Waals surface area (Å²) in [6, 6.07) is 5.92. The summed E-state index contributed by atoms with van der Waals surface area (Å²) in [6.45, 7) is 2.80. The average molecular weight is 388 g/mol. The molecule has 124 valence electrons. The minimum absolute atomic E-state index is 0. The van der Waals surface area contributed by atoms with Crippen molar-refractivity contribution in [2.24, 2.45) is 0 Å². The van der Waals surface area contributed by atoms with Crippen molar-refractivity contribution in [1.82, 2.24) is 4.57 Å². The number of benzene rings is 1. The fraction of sp³-hybridized carbons (Fsp3) is 0.353. The molecule has 2 N–H and O–H groups in total. The molecular weight excluding hydrogens is 369 g/mol. The Labute approximate surface area is 161 Å². The molecule has 2 heterocycles. The number of halogens is 1.